The maximum Gasteiger partial charge on any atom is 0.316 e. The van der Waals surface area contributed by atoms with Crippen molar-refractivity contribution in [3.05, 3.63) is 66.0 Å². The molecule has 6 heteroatoms. The Bertz CT molecular complexity index is 712. The van der Waals surface area contributed by atoms with Crippen LogP contribution in [-0.4, -0.2) is 11.9 Å². The van der Waals surface area contributed by atoms with Gasteiger partial charge in [0.05, 0.1) is 0 Å². The number of carbonyl (C=O) groups excluding carboxylic acids is 2. The molecule has 0 saturated heterocycles. The lowest BCUT2D eigenvalue weighted by Crippen LogP contribution is -2.19. The highest BCUT2D eigenvalue weighted by molar-refractivity contribution is 6.02. The summed E-state index contributed by atoms with van der Waals surface area (Å²) in [5.74, 6) is -0.680. The van der Waals surface area contributed by atoms with E-state index in [1.165, 1.54) is 18.2 Å². The number of urea groups is 1. The SMILES string of the molecule is NC(=O)Nc1cccc(NC(=O)/C=C/c2ccc(F)cc2)c1. The Balaban J connectivity index is 1.99. The van der Waals surface area contributed by atoms with Crippen LogP contribution in [0.2, 0.25) is 0 Å². The first-order valence-corrected chi connectivity index (χ1v) is 6.44. The minimum atomic E-state index is -0.681. The van der Waals surface area contributed by atoms with Gasteiger partial charge in [0.2, 0.25) is 5.91 Å². The molecule has 0 aliphatic rings. The minimum absolute atomic E-state index is 0.333. The predicted molar refractivity (Wildman–Crippen MR) is 83.7 cm³/mol. The number of carbonyl (C=O) groups is 2. The van der Waals surface area contributed by atoms with E-state index < -0.39 is 6.03 Å². The normalized spacial score (nSPS) is 10.4. The standard InChI is InChI=1S/C16H14FN3O2/c17-12-7-4-11(5-8-12)6-9-15(21)19-13-2-1-3-14(10-13)20-16(18)22/h1-10H,(H,19,21)(H3,18,20,22)/b9-6+. The minimum Gasteiger partial charge on any atom is -0.351 e. The number of halogens is 1. The molecule has 4 N–H and O–H groups in total. The first-order valence-electron chi connectivity index (χ1n) is 6.44. The zero-order valence-corrected chi connectivity index (χ0v) is 11.5. The van der Waals surface area contributed by atoms with Crippen LogP contribution in [0.25, 0.3) is 6.08 Å². The zero-order chi connectivity index (χ0) is 15.9. The average Bonchev–Trinajstić information content (AvgIpc) is 2.46. The van der Waals surface area contributed by atoms with Gasteiger partial charge in [-0.25, -0.2) is 9.18 Å². The quantitative estimate of drug-likeness (QED) is 0.758. The number of nitrogens with two attached hydrogens (primary N) is 1. The van der Waals surface area contributed by atoms with E-state index in [2.05, 4.69) is 10.6 Å². The summed E-state index contributed by atoms with van der Waals surface area (Å²) in [5.41, 5.74) is 6.73. The molecule has 22 heavy (non-hydrogen) atoms. The Morgan fingerprint density at radius 2 is 1.64 bits per heavy atom. The smallest absolute Gasteiger partial charge is 0.316 e. The van der Waals surface area contributed by atoms with E-state index in [0.29, 0.717) is 16.9 Å². The van der Waals surface area contributed by atoms with E-state index in [1.807, 2.05) is 0 Å². The molecule has 0 aliphatic carbocycles. The molecular weight excluding hydrogens is 285 g/mol. The number of primary amides is 1. The third-order valence-corrected chi connectivity index (χ3v) is 2.69. The molecule has 0 heterocycles. The summed E-state index contributed by atoms with van der Waals surface area (Å²) in [6.45, 7) is 0. The molecule has 0 atom stereocenters. The molecule has 0 aliphatic heterocycles. The van der Waals surface area contributed by atoms with Gasteiger partial charge in [0.15, 0.2) is 0 Å². The van der Waals surface area contributed by atoms with Crippen molar-refractivity contribution < 1.29 is 14.0 Å². The van der Waals surface area contributed by atoms with Crippen molar-refractivity contribution in [3.63, 3.8) is 0 Å². The lowest BCUT2D eigenvalue weighted by atomic mass is 10.2. The zero-order valence-electron chi connectivity index (χ0n) is 11.5. The van der Waals surface area contributed by atoms with Gasteiger partial charge in [0.25, 0.3) is 0 Å². The second-order valence-corrected chi connectivity index (χ2v) is 4.44. The molecule has 2 rings (SSSR count). The van der Waals surface area contributed by atoms with E-state index in [4.69, 9.17) is 5.73 Å². The number of benzene rings is 2. The third kappa shape index (κ3) is 4.75. The molecule has 112 valence electrons. The number of amides is 3. The second kappa shape index (κ2) is 7.03. The number of hydrogen-bond donors (Lipinski definition) is 3. The molecule has 0 spiro atoms. The van der Waals surface area contributed by atoms with Crippen LogP contribution in [0.5, 0.6) is 0 Å². The van der Waals surface area contributed by atoms with Crippen LogP contribution in [0.1, 0.15) is 5.56 Å². The molecule has 0 aromatic heterocycles. The van der Waals surface area contributed by atoms with Crippen molar-refractivity contribution >= 4 is 29.4 Å². The molecule has 0 saturated carbocycles. The largest absolute Gasteiger partial charge is 0.351 e. The summed E-state index contributed by atoms with van der Waals surface area (Å²) in [7, 11) is 0. The Morgan fingerprint density at radius 1 is 1.00 bits per heavy atom. The first kappa shape index (κ1) is 15.2. The van der Waals surface area contributed by atoms with Gasteiger partial charge in [-0.15, -0.1) is 0 Å². The highest BCUT2D eigenvalue weighted by Gasteiger charge is 2.01. The number of rotatable bonds is 4. The van der Waals surface area contributed by atoms with Crippen LogP contribution in [0.3, 0.4) is 0 Å². The molecule has 0 fully saturated rings. The summed E-state index contributed by atoms with van der Waals surface area (Å²) >= 11 is 0. The van der Waals surface area contributed by atoms with Gasteiger partial charge in [-0.1, -0.05) is 18.2 Å². The Morgan fingerprint density at radius 3 is 2.27 bits per heavy atom. The van der Waals surface area contributed by atoms with Crippen LogP contribution in [0, 0.1) is 5.82 Å². The lowest BCUT2D eigenvalue weighted by Gasteiger charge is -2.05. The van der Waals surface area contributed by atoms with E-state index in [9.17, 15) is 14.0 Å². The number of anilines is 2. The van der Waals surface area contributed by atoms with Crippen molar-refractivity contribution in [2.75, 3.05) is 10.6 Å². The van der Waals surface area contributed by atoms with Crippen LogP contribution in [0.15, 0.2) is 54.6 Å². The fourth-order valence-electron chi connectivity index (χ4n) is 1.75. The molecule has 0 bridgehead atoms. The fourth-order valence-corrected chi connectivity index (χ4v) is 1.75. The first-order chi connectivity index (χ1) is 10.5. The summed E-state index contributed by atoms with van der Waals surface area (Å²) in [4.78, 5) is 22.6. The fraction of sp³-hybridized carbons (Fsp3) is 0. The van der Waals surface area contributed by atoms with Crippen LogP contribution in [-0.2, 0) is 4.79 Å². The summed E-state index contributed by atoms with van der Waals surface area (Å²) in [5, 5.41) is 5.06. The van der Waals surface area contributed by atoms with Gasteiger partial charge in [0.1, 0.15) is 5.82 Å². The summed E-state index contributed by atoms with van der Waals surface area (Å²) in [6.07, 6.45) is 2.90. The molecule has 2 aromatic rings. The molecule has 3 amide bonds. The molecule has 0 unspecified atom stereocenters. The average molecular weight is 299 g/mol. The monoisotopic (exact) mass is 299 g/mol. The summed E-state index contributed by atoms with van der Waals surface area (Å²) < 4.78 is 12.8. The third-order valence-electron chi connectivity index (χ3n) is 2.69. The predicted octanol–water partition coefficient (Wildman–Crippen LogP) is 2.97. The van der Waals surface area contributed by atoms with Crippen molar-refractivity contribution in [3.8, 4) is 0 Å². The van der Waals surface area contributed by atoms with Crippen molar-refractivity contribution in [1.82, 2.24) is 0 Å². The number of hydrogen-bond acceptors (Lipinski definition) is 2. The van der Waals surface area contributed by atoms with E-state index in [1.54, 1.807) is 42.5 Å². The molecule has 2 aromatic carbocycles. The van der Waals surface area contributed by atoms with Crippen LogP contribution >= 0.6 is 0 Å². The van der Waals surface area contributed by atoms with Gasteiger partial charge >= 0.3 is 6.03 Å². The maximum absolute atomic E-state index is 12.8. The second-order valence-electron chi connectivity index (χ2n) is 4.44. The Labute approximate surface area is 126 Å². The van der Waals surface area contributed by atoms with Crippen LogP contribution < -0.4 is 16.4 Å². The maximum atomic E-state index is 12.8. The Hall–Kier alpha value is -3.15. The van der Waals surface area contributed by atoms with Gasteiger partial charge in [-0.3, -0.25) is 4.79 Å². The van der Waals surface area contributed by atoms with E-state index >= 15 is 0 Å². The Kier molecular flexibility index (Phi) is 4.87. The van der Waals surface area contributed by atoms with Crippen molar-refractivity contribution in [2.24, 2.45) is 5.73 Å². The van der Waals surface area contributed by atoms with E-state index in [0.717, 1.165) is 0 Å². The molecular formula is C16H14FN3O2. The topological polar surface area (TPSA) is 84.2 Å². The van der Waals surface area contributed by atoms with Gasteiger partial charge < -0.3 is 16.4 Å². The van der Waals surface area contributed by atoms with Crippen molar-refractivity contribution in [2.45, 2.75) is 0 Å². The van der Waals surface area contributed by atoms with Gasteiger partial charge in [-0.2, -0.15) is 0 Å². The molecule has 0 radical (unpaired) electrons. The van der Waals surface area contributed by atoms with E-state index in [-0.39, 0.29) is 11.7 Å². The highest BCUT2D eigenvalue weighted by Crippen LogP contribution is 2.15. The van der Waals surface area contributed by atoms with Crippen LogP contribution in [0.4, 0.5) is 20.6 Å². The molecule has 5 nitrogen and oxygen atoms in total. The number of nitrogens with one attached hydrogen (secondary N) is 2. The highest BCUT2D eigenvalue weighted by atomic mass is 19.1. The van der Waals surface area contributed by atoms with Crippen molar-refractivity contribution in [1.29, 1.82) is 0 Å². The van der Waals surface area contributed by atoms with Gasteiger partial charge in [-0.05, 0) is 42.0 Å². The van der Waals surface area contributed by atoms with Gasteiger partial charge in [0, 0.05) is 17.5 Å². The lowest BCUT2D eigenvalue weighted by molar-refractivity contribution is -0.111. The summed E-state index contributed by atoms with van der Waals surface area (Å²) in [6, 6.07) is 11.7.